The molecule has 21 heavy (non-hydrogen) atoms. The summed E-state index contributed by atoms with van der Waals surface area (Å²) in [6.07, 6.45) is 3.69. The topological polar surface area (TPSA) is 74.7 Å². The Labute approximate surface area is 129 Å². The standard InChI is InChI=1S/C14H13BrN4O2/c1-20-11-6-12(21-2)9(15)5-8(11)10-7-19-4-3-13(16)18-14(19)17-10/h3-7H,1-2H3,(H2,16,17,18). The van der Waals surface area contributed by atoms with Crippen molar-refractivity contribution in [2.24, 2.45) is 0 Å². The SMILES string of the molecule is COc1cc(OC)c(-c2cn3ccc(N)nc3n2)cc1Br. The number of nitrogen functional groups attached to an aromatic ring is 1. The monoisotopic (exact) mass is 348 g/mol. The highest BCUT2D eigenvalue weighted by atomic mass is 79.9. The Hall–Kier alpha value is -2.28. The van der Waals surface area contributed by atoms with E-state index in [2.05, 4.69) is 25.9 Å². The molecule has 0 saturated carbocycles. The Morgan fingerprint density at radius 1 is 1.14 bits per heavy atom. The molecule has 3 rings (SSSR count). The van der Waals surface area contributed by atoms with Gasteiger partial charge in [0.25, 0.3) is 0 Å². The number of methoxy groups -OCH3 is 2. The Morgan fingerprint density at radius 2 is 1.90 bits per heavy atom. The van der Waals surface area contributed by atoms with E-state index in [1.165, 1.54) is 0 Å². The number of hydrogen-bond donors (Lipinski definition) is 1. The summed E-state index contributed by atoms with van der Waals surface area (Å²) in [7, 11) is 3.22. The van der Waals surface area contributed by atoms with Crippen LogP contribution in [0, 0.1) is 0 Å². The summed E-state index contributed by atoms with van der Waals surface area (Å²) in [5.41, 5.74) is 7.26. The van der Waals surface area contributed by atoms with E-state index in [4.69, 9.17) is 15.2 Å². The second-order valence-corrected chi connectivity index (χ2v) is 5.23. The van der Waals surface area contributed by atoms with Crippen molar-refractivity contribution >= 4 is 27.5 Å². The summed E-state index contributed by atoms with van der Waals surface area (Å²) in [5.74, 6) is 2.34. The fourth-order valence-electron chi connectivity index (χ4n) is 2.08. The van der Waals surface area contributed by atoms with Gasteiger partial charge in [0.05, 0.1) is 24.4 Å². The highest BCUT2D eigenvalue weighted by Gasteiger charge is 2.14. The van der Waals surface area contributed by atoms with Gasteiger partial charge in [0, 0.05) is 24.0 Å². The van der Waals surface area contributed by atoms with Crippen molar-refractivity contribution in [1.82, 2.24) is 14.4 Å². The molecule has 2 aromatic heterocycles. The quantitative estimate of drug-likeness (QED) is 0.787. The molecule has 0 amide bonds. The molecule has 3 aromatic rings. The lowest BCUT2D eigenvalue weighted by atomic mass is 10.1. The van der Waals surface area contributed by atoms with Crippen molar-refractivity contribution in [3.05, 3.63) is 35.1 Å². The first kappa shape index (κ1) is 13.7. The zero-order valence-electron chi connectivity index (χ0n) is 11.5. The molecular formula is C14H13BrN4O2. The summed E-state index contributed by atoms with van der Waals surface area (Å²) in [6.45, 7) is 0. The van der Waals surface area contributed by atoms with Gasteiger partial charge in [-0.3, -0.25) is 4.40 Å². The van der Waals surface area contributed by atoms with E-state index in [0.717, 1.165) is 15.7 Å². The molecule has 2 heterocycles. The molecular weight excluding hydrogens is 336 g/mol. The lowest BCUT2D eigenvalue weighted by Gasteiger charge is -2.10. The second kappa shape index (κ2) is 5.25. The van der Waals surface area contributed by atoms with Gasteiger partial charge in [-0.25, -0.2) is 4.98 Å². The molecule has 0 aliphatic heterocycles. The lowest BCUT2D eigenvalue weighted by Crippen LogP contribution is -1.93. The number of fused-ring (bicyclic) bond motifs is 1. The van der Waals surface area contributed by atoms with Gasteiger partial charge in [0.2, 0.25) is 5.78 Å². The molecule has 0 bridgehead atoms. The van der Waals surface area contributed by atoms with Gasteiger partial charge in [0.1, 0.15) is 17.3 Å². The van der Waals surface area contributed by atoms with Crippen LogP contribution in [0.1, 0.15) is 0 Å². The van der Waals surface area contributed by atoms with Crippen LogP contribution in [-0.2, 0) is 0 Å². The van der Waals surface area contributed by atoms with E-state index in [1.807, 2.05) is 28.9 Å². The van der Waals surface area contributed by atoms with E-state index >= 15 is 0 Å². The number of nitrogens with zero attached hydrogens (tertiary/aromatic N) is 3. The molecule has 1 aromatic carbocycles. The molecule has 0 spiro atoms. The Kier molecular flexibility index (Phi) is 3.42. The number of hydrogen-bond acceptors (Lipinski definition) is 5. The number of aromatic nitrogens is 3. The van der Waals surface area contributed by atoms with Crippen molar-refractivity contribution < 1.29 is 9.47 Å². The number of benzene rings is 1. The van der Waals surface area contributed by atoms with Crippen LogP contribution in [-0.4, -0.2) is 28.6 Å². The van der Waals surface area contributed by atoms with Gasteiger partial charge in [0.15, 0.2) is 0 Å². The number of halogens is 1. The summed E-state index contributed by atoms with van der Waals surface area (Å²) in [5, 5.41) is 0. The zero-order valence-corrected chi connectivity index (χ0v) is 13.1. The smallest absolute Gasteiger partial charge is 0.236 e. The lowest BCUT2D eigenvalue weighted by molar-refractivity contribution is 0.393. The first-order chi connectivity index (χ1) is 10.1. The minimum Gasteiger partial charge on any atom is -0.496 e. The van der Waals surface area contributed by atoms with Crippen molar-refractivity contribution in [1.29, 1.82) is 0 Å². The number of anilines is 1. The van der Waals surface area contributed by atoms with E-state index < -0.39 is 0 Å². The van der Waals surface area contributed by atoms with Crippen LogP contribution in [0.25, 0.3) is 17.0 Å². The summed E-state index contributed by atoms with van der Waals surface area (Å²) < 4.78 is 13.3. The average molecular weight is 349 g/mol. The maximum Gasteiger partial charge on any atom is 0.236 e. The van der Waals surface area contributed by atoms with Gasteiger partial charge in [-0.15, -0.1) is 0 Å². The summed E-state index contributed by atoms with van der Waals surface area (Å²) >= 11 is 3.47. The minimum absolute atomic E-state index is 0.433. The predicted molar refractivity (Wildman–Crippen MR) is 83.6 cm³/mol. The van der Waals surface area contributed by atoms with E-state index in [0.29, 0.717) is 23.1 Å². The molecule has 2 N–H and O–H groups in total. The molecule has 108 valence electrons. The van der Waals surface area contributed by atoms with E-state index in [9.17, 15) is 0 Å². The number of rotatable bonds is 3. The summed E-state index contributed by atoms with van der Waals surface area (Å²) in [4.78, 5) is 8.67. The highest BCUT2D eigenvalue weighted by molar-refractivity contribution is 9.10. The predicted octanol–water partition coefficient (Wildman–Crippen LogP) is 2.76. The van der Waals surface area contributed by atoms with Crippen LogP contribution in [0.4, 0.5) is 5.82 Å². The van der Waals surface area contributed by atoms with Gasteiger partial charge >= 0.3 is 0 Å². The first-order valence-electron chi connectivity index (χ1n) is 6.15. The van der Waals surface area contributed by atoms with Gasteiger partial charge in [-0.05, 0) is 28.1 Å². The third kappa shape index (κ3) is 2.40. The molecule has 0 fully saturated rings. The highest BCUT2D eigenvalue weighted by Crippen LogP contribution is 2.38. The number of nitrogens with two attached hydrogens (primary N) is 1. The maximum atomic E-state index is 5.68. The second-order valence-electron chi connectivity index (χ2n) is 4.37. The van der Waals surface area contributed by atoms with Crippen LogP contribution in [0.15, 0.2) is 35.1 Å². The van der Waals surface area contributed by atoms with Crippen LogP contribution < -0.4 is 15.2 Å². The Morgan fingerprint density at radius 3 is 2.62 bits per heavy atom. The van der Waals surface area contributed by atoms with Crippen LogP contribution >= 0.6 is 15.9 Å². The van der Waals surface area contributed by atoms with Gasteiger partial charge in [-0.2, -0.15) is 4.98 Å². The molecule has 0 unspecified atom stereocenters. The van der Waals surface area contributed by atoms with Crippen molar-refractivity contribution in [3.8, 4) is 22.8 Å². The maximum absolute atomic E-state index is 5.68. The normalized spacial score (nSPS) is 10.8. The molecule has 6 nitrogen and oxygen atoms in total. The summed E-state index contributed by atoms with van der Waals surface area (Å²) in [6, 6.07) is 5.44. The largest absolute Gasteiger partial charge is 0.496 e. The number of imidazole rings is 1. The van der Waals surface area contributed by atoms with Gasteiger partial charge in [-0.1, -0.05) is 0 Å². The third-order valence-corrected chi connectivity index (χ3v) is 3.72. The fraction of sp³-hybridized carbons (Fsp3) is 0.143. The molecule has 0 radical (unpaired) electrons. The van der Waals surface area contributed by atoms with Crippen molar-refractivity contribution in [2.45, 2.75) is 0 Å². The van der Waals surface area contributed by atoms with Crippen LogP contribution in [0.3, 0.4) is 0 Å². The Bertz CT molecular complexity index is 816. The average Bonchev–Trinajstić information content (AvgIpc) is 2.89. The molecule has 0 aliphatic carbocycles. The molecule has 7 heteroatoms. The van der Waals surface area contributed by atoms with Gasteiger partial charge < -0.3 is 15.2 Å². The van der Waals surface area contributed by atoms with Crippen molar-refractivity contribution in [3.63, 3.8) is 0 Å². The third-order valence-electron chi connectivity index (χ3n) is 3.10. The van der Waals surface area contributed by atoms with Crippen LogP contribution in [0.2, 0.25) is 0 Å². The van der Waals surface area contributed by atoms with Crippen molar-refractivity contribution in [2.75, 3.05) is 20.0 Å². The Balaban J connectivity index is 2.19. The first-order valence-corrected chi connectivity index (χ1v) is 6.95. The number of ether oxygens (including phenoxy) is 2. The molecule has 0 aliphatic rings. The van der Waals surface area contributed by atoms with Crippen LogP contribution in [0.5, 0.6) is 11.5 Å². The van der Waals surface area contributed by atoms with E-state index in [-0.39, 0.29) is 0 Å². The van der Waals surface area contributed by atoms with E-state index in [1.54, 1.807) is 20.3 Å². The minimum atomic E-state index is 0.433. The molecule has 0 saturated heterocycles. The molecule has 0 atom stereocenters. The zero-order chi connectivity index (χ0) is 15.0. The fourth-order valence-corrected chi connectivity index (χ4v) is 2.58.